The highest BCUT2D eigenvalue weighted by Crippen LogP contribution is 2.37. The maximum Gasteiger partial charge on any atom is 0.136 e. The van der Waals surface area contributed by atoms with E-state index in [-0.39, 0.29) is 0 Å². The molecule has 0 amide bonds. The molecule has 1 heteroatoms. The van der Waals surface area contributed by atoms with Crippen LogP contribution in [0.1, 0.15) is 5.56 Å². The molecular formula is C25H18O. The Bertz CT molecular complexity index is 1210. The van der Waals surface area contributed by atoms with E-state index in [0.717, 1.165) is 11.2 Å². The average Bonchev–Trinajstić information content (AvgIpc) is 3.06. The summed E-state index contributed by atoms with van der Waals surface area (Å²) in [6.45, 7) is 2.09. The molecule has 1 heterocycles. The maximum absolute atomic E-state index is 6.09. The van der Waals surface area contributed by atoms with Crippen molar-refractivity contribution in [2.75, 3.05) is 0 Å². The molecule has 0 aliphatic rings. The van der Waals surface area contributed by atoms with Crippen molar-refractivity contribution >= 4 is 21.9 Å². The Morgan fingerprint density at radius 2 is 1.31 bits per heavy atom. The summed E-state index contributed by atoms with van der Waals surface area (Å²) in [5.41, 5.74) is 7.99. The predicted molar refractivity (Wildman–Crippen MR) is 109 cm³/mol. The number of hydrogen-bond acceptors (Lipinski definition) is 1. The van der Waals surface area contributed by atoms with Gasteiger partial charge < -0.3 is 4.42 Å². The molecule has 0 saturated carbocycles. The van der Waals surface area contributed by atoms with Crippen LogP contribution in [0.25, 0.3) is 44.2 Å². The molecule has 26 heavy (non-hydrogen) atoms. The standard InChI is InChI=1S/C25H18O/c1-17-10-15-22-24(16-17)26-23-9-5-8-21(25(22)23)20-13-11-19(12-14-20)18-6-3-2-4-7-18/h2-16H,1H3. The van der Waals surface area contributed by atoms with Crippen LogP contribution in [-0.2, 0) is 0 Å². The van der Waals surface area contributed by atoms with Crippen LogP contribution < -0.4 is 0 Å². The zero-order chi connectivity index (χ0) is 17.5. The molecule has 0 spiro atoms. The smallest absolute Gasteiger partial charge is 0.136 e. The number of benzene rings is 4. The number of hydrogen-bond donors (Lipinski definition) is 0. The molecule has 0 saturated heterocycles. The number of fused-ring (bicyclic) bond motifs is 3. The van der Waals surface area contributed by atoms with Crippen LogP contribution in [0.15, 0.2) is 95.4 Å². The molecule has 5 rings (SSSR count). The molecule has 124 valence electrons. The van der Waals surface area contributed by atoms with Gasteiger partial charge in [-0.3, -0.25) is 0 Å². The zero-order valence-corrected chi connectivity index (χ0v) is 14.6. The van der Waals surface area contributed by atoms with E-state index < -0.39 is 0 Å². The molecule has 1 aromatic heterocycles. The second kappa shape index (κ2) is 5.89. The van der Waals surface area contributed by atoms with Gasteiger partial charge in [0.1, 0.15) is 11.2 Å². The second-order valence-corrected chi connectivity index (χ2v) is 6.72. The first-order valence-corrected chi connectivity index (χ1v) is 8.87. The van der Waals surface area contributed by atoms with E-state index in [2.05, 4.69) is 85.8 Å². The van der Waals surface area contributed by atoms with Crippen LogP contribution in [0.2, 0.25) is 0 Å². The lowest BCUT2D eigenvalue weighted by Crippen LogP contribution is -1.81. The van der Waals surface area contributed by atoms with E-state index >= 15 is 0 Å². The highest BCUT2D eigenvalue weighted by Gasteiger charge is 2.12. The summed E-state index contributed by atoms with van der Waals surface area (Å²) >= 11 is 0. The Labute approximate surface area is 152 Å². The van der Waals surface area contributed by atoms with Crippen LogP contribution in [0.3, 0.4) is 0 Å². The third-order valence-corrected chi connectivity index (χ3v) is 4.96. The van der Waals surface area contributed by atoms with E-state index in [1.54, 1.807) is 0 Å². The van der Waals surface area contributed by atoms with Crippen LogP contribution in [0, 0.1) is 6.92 Å². The normalized spacial score (nSPS) is 11.3. The highest BCUT2D eigenvalue weighted by atomic mass is 16.3. The molecular weight excluding hydrogens is 316 g/mol. The molecule has 1 nitrogen and oxygen atoms in total. The third kappa shape index (κ3) is 2.41. The van der Waals surface area contributed by atoms with Crippen LogP contribution in [-0.4, -0.2) is 0 Å². The molecule has 0 aliphatic heterocycles. The van der Waals surface area contributed by atoms with Gasteiger partial charge >= 0.3 is 0 Å². The monoisotopic (exact) mass is 334 g/mol. The van der Waals surface area contributed by atoms with E-state index in [1.165, 1.54) is 38.6 Å². The minimum atomic E-state index is 0.940. The lowest BCUT2D eigenvalue weighted by molar-refractivity contribution is 0.668. The van der Waals surface area contributed by atoms with Gasteiger partial charge in [-0.1, -0.05) is 78.9 Å². The lowest BCUT2D eigenvalue weighted by atomic mass is 9.97. The number of aryl methyl sites for hydroxylation is 1. The minimum Gasteiger partial charge on any atom is -0.456 e. The fourth-order valence-electron chi connectivity index (χ4n) is 3.65. The zero-order valence-electron chi connectivity index (χ0n) is 14.6. The van der Waals surface area contributed by atoms with E-state index in [9.17, 15) is 0 Å². The Hall–Kier alpha value is -3.32. The van der Waals surface area contributed by atoms with E-state index in [4.69, 9.17) is 4.42 Å². The molecule has 0 N–H and O–H groups in total. The van der Waals surface area contributed by atoms with Crippen molar-refractivity contribution in [1.29, 1.82) is 0 Å². The van der Waals surface area contributed by atoms with Crippen molar-refractivity contribution in [2.45, 2.75) is 6.92 Å². The Morgan fingerprint density at radius 3 is 2.12 bits per heavy atom. The van der Waals surface area contributed by atoms with Gasteiger partial charge in [0.05, 0.1) is 0 Å². The maximum atomic E-state index is 6.09. The van der Waals surface area contributed by atoms with Crippen LogP contribution >= 0.6 is 0 Å². The third-order valence-electron chi connectivity index (χ3n) is 4.96. The molecule has 4 aromatic carbocycles. The van der Waals surface area contributed by atoms with Crippen LogP contribution in [0.4, 0.5) is 0 Å². The van der Waals surface area contributed by atoms with Crippen molar-refractivity contribution in [1.82, 2.24) is 0 Å². The molecule has 0 atom stereocenters. The first kappa shape index (κ1) is 15.0. The molecule has 5 aromatic rings. The molecule has 0 aliphatic carbocycles. The Kier molecular flexibility index (Phi) is 3.39. The number of rotatable bonds is 2. The van der Waals surface area contributed by atoms with Gasteiger partial charge in [-0.05, 0) is 46.9 Å². The van der Waals surface area contributed by atoms with Gasteiger partial charge in [0.25, 0.3) is 0 Å². The highest BCUT2D eigenvalue weighted by molar-refractivity contribution is 6.12. The summed E-state index contributed by atoms with van der Waals surface area (Å²) in [6, 6.07) is 32.0. The van der Waals surface area contributed by atoms with E-state index in [0.29, 0.717) is 0 Å². The van der Waals surface area contributed by atoms with Crippen molar-refractivity contribution in [2.24, 2.45) is 0 Å². The van der Waals surface area contributed by atoms with Gasteiger partial charge in [-0.2, -0.15) is 0 Å². The second-order valence-electron chi connectivity index (χ2n) is 6.72. The van der Waals surface area contributed by atoms with Gasteiger partial charge in [-0.25, -0.2) is 0 Å². The first-order chi connectivity index (χ1) is 12.8. The van der Waals surface area contributed by atoms with Crippen molar-refractivity contribution in [3.63, 3.8) is 0 Å². The Morgan fingerprint density at radius 1 is 0.577 bits per heavy atom. The summed E-state index contributed by atoms with van der Waals surface area (Å²) < 4.78 is 6.09. The largest absolute Gasteiger partial charge is 0.456 e. The molecule has 0 bridgehead atoms. The van der Waals surface area contributed by atoms with Gasteiger partial charge in [0.2, 0.25) is 0 Å². The summed E-state index contributed by atoms with van der Waals surface area (Å²) in [6.07, 6.45) is 0. The SMILES string of the molecule is Cc1ccc2c(c1)oc1cccc(-c3ccc(-c4ccccc4)cc3)c12. The van der Waals surface area contributed by atoms with Crippen molar-refractivity contribution < 1.29 is 4.42 Å². The number of furan rings is 1. The Balaban J connectivity index is 1.68. The topological polar surface area (TPSA) is 13.1 Å². The summed E-state index contributed by atoms with van der Waals surface area (Å²) in [4.78, 5) is 0. The van der Waals surface area contributed by atoms with Gasteiger partial charge in [0.15, 0.2) is 0 Å². The van der Waals surface area contributed by atoms with Gasteiger partial charge in [-0.15, -0.1) is 0 Å². The van der Waals surface area contributed by atoms with Crippen LogP contribution in [0.5, 0.6) is 0 Å². The fraction of sp³-hybridized carbons (Fsp3) is 0.0400. The molecule has 0 radical (unpaired) electrons. The molecule has 0 fully saturated rings. The van der Waals surface area contributed by atoms with Crippen molar-refractivity contribution in [3.8, 4) is 22.3 Å². The summed E-state index contributed by atoms with van der Waals surface area (Å²) in [5, 5.41) is 2.36. The van der Waals surface area contributed by atoms with E-state index in [1.807, 2.05) is 12.1 Å². The first-order valence-electron chi connectivity index (χ1n) is 8.87. The lowest BCUT2D eigenvalue weighted by Gasteiger charge is -2.06. The predicted octanol–water partition coefficient (Wildman–Crippen LogP) is 7.23. The fourth-order valence-corrected chi connectivity index (χ4v) is 3.65. The molecule has 0 unspecified atom stereocenters. The quantitative estimate of drug-likeness (QED) is 0.332. The van der Waals surface area contributed by atoms with Gasteiger partial charge in [0, 0.05) is 10.8 Å². The van der Waals surface area contributed by atoms with Crippen molar-refractivity contribution in [3.05, 3.63) is 96.6 Å². The summed E-state index contributed by atoms with van der Waals surface area (Å²) in [7, 11) is 0. The average molecular weight is 334 g/mol. The minimum absolute atomic E-state index is 0.940. The summed E-state index contributed by atoms with van der Waals surface area (Å²) in [5.74, 6) is 0.